The Morgan fingerprint density at radius 2 is 1.04 bits per heavy atom. The van der Waals surface area contributed by atoms with E-state index in [0.717, 1.165) is 11.1 Å². The van der Waals surface area contributed by atoms with Gasteiger partial charge in [-0.15, -0.1) is 0 Å². The molecule has 5 nitrogen and oxygen atoms in total. The molecule has 2 aromatic carbocycles. The second-order valence-corrected chi connectivity index (χ2v) is 5.85. The molecule has 0 N–H and O–H groups in total. The van der Waals surface area contributed by atoms with Gasteiger partial charge in [0, 0.05) is 0 Å². The minimum absolute atomic E-state index is 0.650. The van der Waals surface area contributed by atoms with E-state index in [0.29, 0.717) is 22.9 Å². The van der Waals surface area contributed by atoms with Gasteiger partial charge in [0.1, 0.15) is 11.4 Å². The summed E-state index contributed by atoms with van der Waals surface area (Å²) >= 11 is 0. The highest BCUT2D eigenvalue weighted by molar-refractivity contribution is 6.00. The third kappa shape index (κ3) is 5.44. The van der Waals surface area contributed by atoms with Gasteiger partial charge in [0.15, 0.2) is 11.5 Å². The highest BCUT2D eigenvalue weighted by Crippen LogP contribution is 2.11. The Hall–Kier alpha value is -3.60. The van der Waals surface area contributed by atoms with E-state index in [-0.39, 0.29) is 0 Å². The van der Waals surface area contributed by atoms with Gasteiger partial charge in [0.2, 0.25) is 0 Å². The summed E-state index contributed by atoms with van der Waals surface area (Å²) in [5.41, 5.74) is 3.37. The predicted octanol–water partition coefficient (Wildman–Crippen LogP) is 4.97. The molecular formula is C22H20N4O. The highest BCUT2D eigenvalue weighted by Gasteiger charge is 2.07. The first-order chi connectivity index (χ1) is 13.2. The maximum absolute atomic E-state index is 5.80. The van der Waals surface area contributed by atoms with Crippen molar-refractivity contribution in [2.24, 2.45) is 20.4 Å². The quantitative estimate of drug-likeness (QED) is 0.454. The van der Waals surface area contributed by atoms with Gasteiger partial charge in [0.25, 0.3) is 0 Å². The molecule has 0 bridgehead atoms. The molecule has 0 saturated heterocycles. The summed E-state index contributed by atoms with van der Waals surface area (Å²) in [6.07, 6.45) is 3.41. The Morgan fingerprint density at radius 1 is 0.630 bits per heavy atom. The number of rotatable bonds is 6. The fourth-order valence-corrected chi connectivity index (χ4v) is 2.27. The zero-order valence-electron chi connectivity index (χ0n) is 15.3. The summed E-state index contributed by atoms with van der Waals surface area (Å²) in [5.74, 6) is 1.30. The van der Waals surface area contributed by atoms with E-state index in [9.17, 15) is 0 Å². The maximum atomic E-state index is 5.80. The van der Waals surface area contributed by atoms with Crippen molar-refractivity contribution in [2.45, 2.75) is 13.8 Å². The van der Waals surface area contributed by atoms with Crippen LogP contribution in [0.2, 0.25) is 0 Å². The van der Waals surface area contributed by atoms with Crippen LogP contribution in [0.5, 0.6) is 0 Å². The second-order valence-electron chi connectivity index (χ2n) is 5.85. The average molecular weight is 356 g/mol. The van der Waals surface area contributed by atoms with Crippen LogP contribution in [0.4, 0.5) is 0 Å². The molecule has 0 radical (unpaired) electrons. The monoisotopic (exact) mass is 356 g/mol. The number of nitrogens with zero attached hydrogens (tertiary/aromatic N) is 4. The third-order valence-electron chi connectivity index (χ3n) is 3.75. The number of hydrogen-bond donors (Lipinski definition) is 0. The number of benzene rings is 2. The van der Waals surface area contributed by atoms with Crippen molar-refractivity contribution in [1.29, 1.82) is 0 Å². The largest absolute Gasteiger partial charge is 0.453 e. The van der Waals surface area contributed by atoms with E-state index in [4.69, 9.17) is 4.42 Å². The Morgan fingerprint density at radius 3 is 1.44 bits per heavy atom. The van der Waals surface area contributed by atoms with E-state index in [1.54, 1.807) is 12.4 Å². The highest BCUT2D eigenvalue weighted by atomic mass is 16.3. The van der Waals surface area contributed by atoms with E-state index in [2.05, 4.69) is 20.4 Å². The molecule has 27 heavy (non-hydrogen) atoms. The first-order valence-corrected chi connectivity index (χ1v) is 8.58. The lowest BCUT2D eigenvalue weighted by atomic mass is 10.2. The summed E-state index contributed by atoms with van der Waals surface area (Å²) in [7, 11) is 0. The molecule has 0 fully saturated rings. The van der Waals surface area contributed by atoms with Crippen molar-refractivity contribution >= 4 is 23.9 Å². The van der Waals surface area contributed by atoms with Crippen molar-refractivity contribution < 1.29 is 4.42 Å². The van der Waals surface area contributed by atoms with Crippen LogP contribution in [0.15, 0.2) is 97.6 Å². The minimum Gasteiger partial charge on any atom is -0.453 e. The van der Waals surface area contributed by atoms with Crippen molar-refractivity contribution in [3.8, 4) is 0 Å². The molecule has 5 heteroatoms. The molecule has 3 aromatic rings. The van der Waals surface area contributed by atoms with Crippen LogP contribution in [0.3, 0.4) is 0 Å². The fourth-order valence-electron chi connectivity index (χ4n) is 2.27. The van der Waals surface area contributed by atoms with Crippen LogP contribution in [-0.4, -0.2) is 23.9 Å². The normalized spacial score (nSPS) is 13.0. The van der Waals surface area contributed by atoms with Crippen LogP contribution >= 0.6 is 0 Å². The van der Waals surface area contributed by atoms with Gasteiger partial charge in [0.05, 0.1) is 12.4 Å². The van der Waals surface area contributed by atoms with Crippen LogP contribution < -0.4 is 0 Å². The molecule has 134 valence electrons. The van der Waals surface area contributed by atoms with Gasteiger partial charge in [-0.05, 0) is 37.1 Å². The van der Waals surface area contributed by atoms with Gasteiger partial charge < -0.3 is 4.42 Å². The first-order valence-electron chi connectivity index (χ1n) is 8.58. The van der Waals surface area contributed by atoms with E-state index in [1.807, 2.05) is 86.6 Å². The van der Waals surface area contributed by atoms with E-state index < -0.39 is 0 Å². The lowest BCUT2D eigenvalue weighted by molar-refractivity contribution is 0.547. The molecular weight excluding hydrogens is 336 g/mol. The van der Waals surface area contributed by atoms with Crippen molar-refractivity contribution in [1.82, 2.24) is 0 Å². The van der Waals surface area contributed by atoms with Gasteiger partial charge in [-0.3, -0.25) is 0 Å². The molecule has 0 aliphatic heterocycles. The third-order valence-corrected chi connectivity index (χ3v) is 3.75. The Bertz CT molecular complexity index is 903. The average Bonchev–Trinajstić information content (AvgIpc) is 3.20. The molecule has 3 rings (SSSR count). The second kappa shape index (κ2) is 9.20. The molecule has 0 amide bonds. The summed E-state index contributed by atoms with van der Waals surface area (Å²) in [5, 5.41) is 16.6. The van der Waals surface area contributed by atoms with Crippen molar-refractivity contribution in [3.63, 3.8) is 0 Å². The summed E-state index contributed by atoms with van der Waals surface area (Å²) in [6.45, 7) is 3.70. The molecule has 0 unspecified atom stereocenters. The van der Waals surface area contributed by atoms with E-state index in [1.165, 1.54) is 0 Å². The Kier molecular flexibility index (Phi) is 6.20. The van der Waals surface area contributed by atoms with Gasteiger partial charge in [-0.25, -0.2) is 0 Å². The number of hydrogen-bond acceptors (Lipinski definition) is 5. The zero-order valence-corrected chi connectivity index (χ0v) is 15.3. The standard InChI is InChI=1S/C22H20N4O/c1-17(25-23-15-19-9-5-3-6-10-19)21-13-14-22(27-21)18(2)26-24-16-20-11-7-4-8-12-20/h3-16H,1-2H3/b23-15-,24-16-,25-17+,26-18+. The SMILES string of the molecule is C/C(=N\N=C/c1ccccc1)c1ccc(/C(C)=N/N=C\c2ccccc2)o1. The molecule has 1 heterocycles. The molecule has 0 aliphatic rings. The Labute approximate surface area is 158 Å². The molecule has 1 aromatic heterocycles. The van der Waals surface area contributed by atoms with E-state index >= 15 is 0 Å². The first kappa shape index (κ1) is 18.2. The smallest absolute Gasteiger partial charge is 0.150 e. The topological polar surface area (TPSA) is 62.6 Å². The lowest BCUT2D eigenvalue weighted by Crippen LogP contribution is -1.93. The van der Waals surface area contributed by atoms with Crippen LogP contribution in [0.25, 0.3) is 0 Å². The van der Waals surface area contributed by atoms with Crippen LogP contribution in [-0.2, 0) is 0 Å². The predicted molar refractivity (Wildman–Crippen MR) is 111 cm³/mol. The fraction of sp³-hybridized carbons (Fsp3) is 0.0909. The molecule has 0 aliphatic carbocycles. The number of furan rings is 1. The van der Waals surface area contributed by atoms with Crippen LogP contribution in [0.1, 0.15) is 36.5 Å². The van der Waals surface area contributed by atoms with Crippen molar-refractivity contribution in [3.05, 3.63) is 95.4 Å². The Balaban J connectivity index is 1.66. The summed E-state index contributed by atoms with van der Waals surface area (Å²) < 4.78 is 5.80. The van der Waals surface area contributed by atoms with Gasteiger partial charge >= 0.3 is 0 Å². The summed E-state index contributed by atoms with van der Waals surface area (Å²) in [4.78, 5) is 0. The maximum Gasteiger partial charge on any atom is 0.150 e. The molecule has 0 atom stereocenters. The summed E-state index contributed by atoms with van der Waals surface area (Å²) in [6, 6.07) is 23.3. The van der Waals surface area contributed by atoms with Crippen molar-refractivity contribution in [2.75, 3.05) is 0 Å². The zero-order chi connectivity index (χ0) is 18.9. The van der Waals surface area contributed by atoms with Gasteiger partial charge in [-0.2, -0.15) is 20.4 Å². The lowest BCUT2D eigenvalue weighted by Gasteiger charge is -1.95. The molecule has 0 spiro atoms. The minimum atomic E-state index is 0.650. The van der Waals surface area contributed by atoms with Crippen LogP contribution in [0, 0.1) is 0 Å². The molecule has 0 saturated carbocycles. The van der Waals surface area contributed by atoms with Gasteiger partial charge in [-0.1, -0.05) is 60.7 Å².